The molecule has 0 aromatic heterocycles. The molecule has 0 bridgehead atoms. The van der Waals surface area contributed by atoms with E-state index in [-0.39, 0.29) is 44.1 Å². The fraction of sp³-hybridized carbons (Fsp3) is 0.286. The summed E-state index contributed by atoms with van der Waals surface area (Å²) >= 11 is 24.7. The lowest BCUT2D eigenvalue weighted by molar-refractivity contribution is -0.139. The second-order valence-electron chi connectivity index (χ2n) is 9.22. The van der Waals surface area contributed by atoms with Crippen LogP contribution in [0.2, 0.25) is 20.1 Å². The van der Waals surface area contributed by atoms with Gasteiger partial charge in [0.05, 0.1) is 20.6 Å². The van der Waals surface area contributed by atoms with Crippen LogP contribution in [0, 0.1) is 0 Å². The van der Waals surface area contributed by atoms with Gasteiger partial charge in [-0.2, -0.15) is 0 Å². The van der Waals surface area contributed by atoms with Crippen molar-refractivity contribution < 1.29 is 18.0 Å². The van der Waals surface area contributed by atoms with Crippen LogP contribution in [0.1, 0.15) is 32.8 Å². The lowest BCUT2D eigenvalue weighted by Crippen LogP contribution is -2.52. The van der Waals surface area contributed by atoms with Crippen LogP contribution in [0.4, 0.5) is 5.69 Å². The van der Waals surface area contributed by atoms with Crippen molar-refractivity contribution in [2.24, 2.45) is 0 Å². The molecular weight excluding hydrogens is 616 g/mol. The summed E-state index contributed by atoms with van der Waals surface area (Å²) in [6.45, 7) is 4.71. The van der Waals surface area contributed by atoms with Crippen molar-refractivity contribution in [2.75, 3.05) is 10.8 Å². The molecule has 0 saturated heterocycles. The second kappa shape index (κ2) is 13.9. The number of hydrogen-bond acceptors (Lipinski definition) is 4. The lowest BCUT2D eigenvalue weighted by atomic mass is 10.1. The van der Waals surface area contributed by atoms with Crippen molar-refractivity contribution in [3.8, 4) is 0 Å². The van der Waals surface area contributed by atoms with E-state index in [1.54, 1.807) is 43.3 Å². The molecule has 214 valence electrons. The molecule has 0 aliphatic heterocycles. The summed E-state index contributed by atoms with van der Waals surface area (Å²) in [4.78, 5) is 28.3. The number of benzene rings is 3. The van der Waals surface area contributed by atoms with Gasteiger partial charge in [-0.05, 0) is 68.3 Å². The van der Waals surface area contributed by atoms with Gasteiger partial charge < -0.3 is 10.2 Å². The van der Waals surface area contributed by atoms with Crippen LogP contribution in [0.3, 0.4) is 0 Å². The molecule has 7 nitrogen and oxygen atoms in total. The van der Waals surface area contributed by atoms with Crippen LogP contribution < -0.4 is 9.62 Å². The van der Waals surface area contributed by atoms with Crippen molar-refractivity contribution in [1.29, 1.82) is 0 Å². The van der Waals surface area contributed by atoms with E-state index in [1.807, 2.05) is 13.8 Å². The number of amides is 2. The molecular formula is C28H29Cl4N3O4S. The molecule has 0 spiro atoms. The number of halogens is 4. The van der Waals surface area contributed by atoms with Crippen molar-refractivity contribution in [3.05, 3.63) is 92.4 Å². The molecule has 1 N–H and O–H groups in total. The first-order valence-corrected chi connectivity index (χ1v) is 15.4. The van der Waals surface area contributed by atoms with Crippen molar-refractivity contribution in [1.82, 2.24) is 10.2 Å². The minimum atomic E-state index is -4.24. The SMILES string of the molecule is CCC(C)NC(=O)C(C)N(Cc1ccc(Cl)c(Cl)c1)C(=O)CN(c1cc(Cl)cc(Cl)c1)S(=O)(=O)c1ccccc1. The summed E-state index contributed by atoms with van der Waals surface area (Å²) in [7, 11) is -4.24. The Morgan fingerprint density at radius 3 is 2.08 bits per heavy atom. The number of carbonyl (C=O) groups excluding carboxylic acids is 2. The van der Waals surface area contributed by atoms with Gasteiger partial charge in [-0.15, -0.1) is 0 Å². The van der Waals surface area contributed by atoms with Gasteiger partial charge >= 0.3 is 0 Å². The second-order valence-corrected chi connectivity index (χ2v) is 12.8. The zero-order chi connectivity index (χ0) is 29.6. The maximum absolute atomic E-state index is 13.9. The Morgan fingerprint density at radius 2 is 1.50 bits per heavy atom. The van der Waals surface area contributed by atoms with Crippen LogP contribution in [-0.2, 0) is 26.2 Å². The molecule has 2 amide bonds. The van der Waals surface area contributed by atoms with Gasteiger partial charge in [0.1, 0.15) is 12.6 Å². The summed E-state index contributed by atoms with van der Waals surface area (Å²) in [6, 6.07) is 15.8. The molecule has 3 aromatic rings. The van der Waals surface area contributed by atoms with Crippen LogP contribution in [0.25, 0.3) is 0 Å². The van der Waals surface area contributed by atoms with E-state index >= 15 is 0 Å². The summed E-state index contributed by atoms with van der Waals surface area (Å²) in [5, 5.41) is 3.88. The number of anilines is 1. The maximum Gasteiger partial charge on any atom is 0.264 e. The normalized spacial score (nSPS) is 12.9. The highest BCUT2D eigenvalue weighted by Gasteiger charge is 2.33. The van der Waals surface area contributed by atoms with Gasteiger partial charge in [0, 0.05) is 22.6 Å². The van der Waals surface area contributed by atoms with Gasteiger partial charge in [-0.1, -0.05) is 77.6 Å². The minimum Gasteiger partial charge on any atom is -0.352 e. The quantitative estimate of drug-likeness (QED) is 0.248. The predicted octanol–water partition coefficient (Wildman–Crippen LogP) is 6.83. The third-order valence-electron chi connectivity index (χ3n) is 6.25. The average Bonchev–Trinajstić information content (AvgIpc) is 2.91. The fourth-order valence-electron chi connectivity index (χ4n) is 3.81. The Labute approximate surface area is 255 Å². The number of hydrogen-bond donors (Lipinski definition) is 1. The zero-order valence-electron chi connectivity index (χ0n) is 22.1. The van der Waals surface area contributed by atoms with E-state index < -0.39 is 28.5 Å². The number of nitrogens with one attached hydrogen (secondary N) is 1. The molecule has 2 atom stereocenters. The van der Waals surface area contributed by atoms with Crippen LogP contribution >= 0.6 is 46.4 Å². The standard InChI is InChI=1S/C28H29Cl4N3O4S/c1-4-18(2)33-28(37)19(3)34(16-20-10-11-25(31)26(32)12-20)27(36)17-35(23-14-21(29)13-22(30)15-23)40(38,39)24-8-6-5-7-9-24/h5-15,18-19H,4,16-17H2,1-3H3,(H,33,37). The summed E-state index contributed by atoms with van der Waals surface area (Å²) < 4.78 is 28.5. The molecule has 0 saturated carbocycles. The minimum absolute atomic E-state index is 0.0274. The number of rotatable bonds is 11. The summed E-state index contributed by atoms with van der Waals surface area (Å²) in [5.41, 5.74) is 0.704. The topological polar surface area (TPSA) is 86.8 Å². The number of nitrogens with zero attached hydrogens (tertiary/aromatic N) is 2. The van der Waals surface area contributed by atoms with Crippen molar-refractivity contribution >= 4 is 73.9 Å². The van der Waals surface area contributed by atoms with Gasteiger partial charge in [-0.3, -0.25) is 13.9 Å². The molecule has 12 heteroatoms. The fourth-order valence-corrected chi connectivity index (χ4v) is 6.07. The van der Waals surface area contributed by atoms with Gasteiger partial charge in [0.2, 0.25) is 11.8 Å². The van der Waals surface area contributed by atoms with E-state index in [1.165, 1.54) is 35.2 Å². The molecule has 3 rings (SSSR count). The third kappa shape index (κ3) is 8.04. The molecule has 0 radical (unpaired) electrons. The lowest BCUT2D eigenvalue weighted by Gasteiger charge is -2.32. The van der Waals surface area contributed by atoms with E-state index in [4.69, 9.17) is 46.4 Å². The third-order valence-corrected chi connectivity index (χ3v) is 9.21. The summed E-state index contributed by atoms with van der Waals surface area (Å²) in [5.74, 6) is -1.01. The van der Waals surface area contributed by atoms with Gasteiger partial charge in [0.25, 0.3) is 10.0 Å². The highest BCUT2D eigenvalue weighted by molar-refractivity contribution is 7.92. The van der Waals surface area contributed by atoms with Crippen LogP contribution in [0.15, 0.2) is 71.6 Å². The van der Waals surface area contributed by atoms with Crippen LogP contribution in [-0.4, -0.2) is 43.8 Å². The van der Waals surface area contributed by atoms with E-state index in [0.29, 0.717) is 17.0 Å². The highest BCUT2D eigenvalue weighted by atomic mass is 35.5. The van der Waals surface area contributed by atoms with Crippen molar-refractivity contribution in [3.63, 3.8) is 0 Å². The van der Waals surface area contributed by atoms with E-state index in [2.05, 4.69) is 5.32 Å². The molecule has 2 unspecified atom stereocenters. The highest BCUT2D eigenvalue weighted by Crippen LogP contribution is 2.30. The van der Waals surface area contributed by atoms with Crippen molar-refractivity contribution in [2.45, 2.75) is 50.7 Å². The largest absolute Gasteiger partial charge is 0.352 e. The molecule has 0 heterocycles. The van der Waals surface area contributed by atoms with Gasteiger partial charge in [-0.25, -0.2) is 8.42 Å². The molecule has 3 aromatic carbocycles. The number of sulfonamides is 1. The Kier molecular flexibility index (Phi) is 11.1. The number of carbonyl (C=O) groups is 2. The molecule has 0 fully saturated rings. The average molecular weight is 645 g/mol. The first-order valence-electron chi connectivity index (χ1n) is 12.4. The van der Waals surface area contributed by atoms with Gasteiger partial charge in [0.15, 0.2) is 0 Å². The maximum atomic E-state index is 13.9. The Morgan fingerprint density at radius 1 is 0.875 bits per heavy atom. The first-order chi connectivity index (χ1) is 18.8. The zero-order valence-corrected chi connectivity index (χ0v) is 25.9. The summed E-state index contributed by atoms with van der Waals surface area (Å²) in [6.07, 6.45) is 0.692. The molecule has 40 heavy (non-hydrogen) atoms. The molecule has 0 aliphatic rings. The Balaban J connectivity index is 2.06. The van der Waals surface area contributed by atoms with E-state index in [9.17, 15) is 18.0 Å². The van der Waals surface area contributed by atoms with Crippen LogP contribution in [0.5, 0.6) is 0 Å². The molecule has 0 aliphatic carbocycles. The predicted molar refractivity (Wildman–Crippen MR) is 162 cm³/mol. The first kappa shape index (κ1) is 32.0. The van der Waals surface area contributed by atoms with E-state index in [0.717, 1.165) is 4.31 Å². The smallest absolute Gasteiger partial charge is 0.264 e. The Hall–Kier alpha value is -2.49. The Bertz CT molecular complexity index is 1450. The monoisotopic (exact) mass is 643 g/mol.